The first-order valence-electron chi connectivity index (χ1n) is 8.07. The van der Waals surface area contributed by atoms with Crippen LogP contribution >= 0.6 is 0 Å². The maximum absolute atomic E-state index is 12.6. The summed E-state index contributed by atoms with van der Waals surface area (Å²) in [5.74, 6) is 0.166. The van der Waals surface area contributed by atoms with Crippen LogP contribution in [0.2, 0.25) is 0 Å². The first-order chi connectivity index (χ1) is 12.7. The second-order valence-electron chi connectivity index (χ2n) is 5.54. The van der Waals surface area contributed by atoms with Gasteiger partial charge >= 0.3 is 0 Å². The second-order valence-corrected chi connectivity index (χ2v) is 5.54. The molecule has 0 aliphatic heterocycles. The Hall–Kier alpha value is -3.66. The van der Waals surface area contributed by atoms with Gasteiger partial charge in [-0.15, -0.1) is 0 Å². The van der Waals surface area contributed by atoms with Gasteiger partial charge in [-0.25, -0.2) is 5.10 Å². The van der Waals surface area contributed by atoms with Crippen LogP contribution in [0.15, 0.2) is 53.3 Å². The van der Waals surface area contributed by atoms with Crippen LogP contribution in [0.5, 0.6) is 5.75 Å². The van der Waals surface area contributed by atoms with Crippen LogP contribution in [0.25, 0.3) is 10.8 Å². The molecule has 0 atom stereocenters. The molecule has 26 heavy (non-hydrogen) atoms. The molecule has 0 aliphatic carbocycles. The minimum atomic E-state index is -0.431. The number of rotatable bonds is 6. The smallest absolute Gasteiger partial charge is 0.276 e. The van der Waals surface area contributed by atoms with Gasteiger partial charge in [0.1, 0.15) is 5.75 Å². The van der Waals surface area contributed by atoms with Gasteiger partial charge in [-0.05, 0) is 24.6 Å². The molecule has 0 saturated carbocycles. The van der Waals surface area contributed by atoms with Crippen molar-refractivity contribution in [3.63, 3.8) is 0 Å². The third kappa shape index (κ3) is 3.87. The van der Waals surface area contributed by atoms with Crippen molar-refractivity contribution in [2.24, 2.45) is 0 Å². The van der Waals surface area contributed by atoms with Gasteiger partial charge in [0.2, 0.25) is 0 Å². The van der Waals surface area contributed by atoms with E-state index in [9.17, 15) is 9.59 Å². The number of carbonyl (C=O) groups excluding carboxylic acids is 1. The fourth-order valence-electron chi connectivity index (χ4n) is 2.48. The summed E-state index contributed by atoms with van der Waals surface area (Å²) in [6, 6.07) is 15.8. The number of unbranched alkanes of at least 4 members (excludes halogenated alkanes) is 1. The normalized spacial score (nSPS) is 10.3. The number of amides is 1. The van der Waals surface area contributed by atoms with Crippen molar-refractivity contribution in [1.82, 2.24) is 10.2 Å². The van der Waals surface area contributed by atoms with Crippen LogP contribution in [-0.4, -0.2) is 22.7 Å². The van der Waals surface area contributed by atoms with Gasteiger partial charge in [-0.1, -0.05) is 24.3 Å². The predicted molar refractivity (Wildman–Crippen MR) is 97.1 cm³/mol. The van der Waals surface area contributed by atoms with Gasteiger partial charge < -0.3 is 10.1 Å². The average Bonchev–Trinajstić information content (AvgIpc) is 2.66. The van der Waals surface area contributed by atoms with Crippen LogP contribution in [0.1, 0.15) is 23.3 Å². The molecule has 7 nitrogen and oxygen atoms in total. The lowest BCUT2D eigenvalue weighted by atomic mass is 10.1. The summed E-state index contributed by atoms with van der Waals surface area (Å²) in [7, 11) is 0. The van der Waals surface area contributed by atoms with Crippen LogP contribution in [0, 0.1) is 11.3 Å². The van der Waals surface area contributed by atoms with Crippen molar-refractivity contribution < 1.29 is 9.53 Å². The summed E-state index contributed by atoms with van der Waals surface area (Å²) >= 11 is 0. The molecule has 0 fully saturated rings. The van der Waals surface area contributed by atoms with Crippen molar-refractivity contribution in [3.05, 3.63) is 64.6 Å². The summed E-state index contributed by atoms with van der Waals surface area (Å²) in [5, 5.41) is 18.4. The molecule has 0 aliphatic rings. The number of nitrogens with zero attached hydrogens (tertiary/aromatic N) is 2. The molecule has 130 valence electrons. The van der Waals surface area contributed by atoms with E-state index in [4.69, 9.17) is 10.00 Å². The number of ether oxygens (including phenoxy) is 1. The van der Waals surface area contributed by atoms with Gasteiger partial charge in [0.25, 0.3) is 11.5 Å². The molecular weight excluding hydrogens is 332 g/mol. The van der Waals surface area contributed by atoms with Gasteiger partial charge in [0.15, 0.2) is 5.69 Å². The highest BCUT2D eigenvalue weighted by Crippen LogP contribution is 2.19. The van der Waals surface area contributed by atoms with E-state index in [1.165, 1.54) is 0 Å². The highest BCUT2D eigenvalue weighted by atomic mass is 16.5. The first kappa shape index (κ1) is 17.2. The molecule has 0 radical (unpaired) electrons. The Kier molecular flexibility index (Phi) is 5.25. The van der Waals surface area contributed by atoms with Gasteiger partial charge in [-0.2, -0.15) is 10.4 Å². The van der Waals surface area contributed by atoms with E-state index in [1.807, 2.05) is 0 Å². The number of nitrogens with one attached hydrogen (secondary N) is 2. The number of fused-ring (bicyclic) bond motifs is 1. The molecule has 2 N–H and O–H groups in total. The zero-order valence-corrected chi connectivity index (χ0v) is 13.9. The quantitative estimate of drug-likeness (QED) is 0.666. The summed E-state index contributed by atoms with van der Waals surface area (Å²) in [6.07, 6.45) is 1.07. The largest absolute Gasteiger partial charge is 0.493 e. The van der Waals surface area contributed by atoms with Crippen molar-refractivity contribution in [3.8, 4) is 11.8 Å². The van der Waals surface area contributed by atoms with E-state index >= 15 is 0 Å². The molecular formula is C19H16N4O3. The highest BCUT2D eigenvalue weighted by Gasteiger charge is 2.14. The number of aromatic nitrogens is 2. The summed E-state index contributed by atoms with van der Waals surface area (Å²) < 4.78 is 5.56. The number of hydrogen-bond donors (Lipinski definition) is 2. The predicted octanol–water partition coefficient (Wildman–Crippen LogP) is 2.86. The van der Waals surface area contributed by atoms with E-state index in [0.29, 0.717) is 41.7 Å². The molecule has 1 heterocycles. The molecule has 0 bridgehead atoms. The molecule has 2 aromatic carbocycles. The van der Waals surface area contributed by atoms with Gasteiger partial charge in [0.05, 0.1) is 18.1 Å². The standard InChI is InChI=1S/C19H16N4O3/c20-10-3-4-11-26-14-7-5-6-13(12-14)21-19(25)17-15-8-1-2-9-16(15)18(24)23-22-17/h1-2,5-9,12H,3-4,11H2,(H,21,25)(H,23,24). The summed E-state index contributed by atoms with van der Waals surface area (Å²) in [4.78, 5) is 24.4. The summed E-state index contributed by atoms with van der Waals surface area (Å²) in [5.41, 5.74) is 0.343. The lowest BCUT2D eigenvalue weighted by Crippen LogP contribution is -2.19. The molecule has 3 rings (SSSR count). The maximum atomic E-state index is 12.6. The minimum Gasteiger partial charge on any atom is -0.493 e. The lowest BCUT2D eigenvalue weighted by molar-refractivity contribution is 0.102. The molecule has 1 aromatic heterocycles. The van der Waals surface area contributed by atoms with Crippen molar-refractivity contribution >= 4 is 22.4 Å². The van der Waals surface area contributed by atoms with E-state index in [2.05, 4.69) is 21.6 Å². The number of H-pyrrole nitrogens is 1. The fourth-order valence-corrected chi connectivity index (χ4v) is 2.48. The van der Waals surface area contributed by atoms with Crippen molar-refractivity contribution in [2.45, 2.75) is 12.8 Å². The Bertz CT molecular complexity index is 1040. The van der Waals surface area contributed by atoms with E-state index in [-0.39, 0.29) is 11.3 Å². The van der Waals surface area contributed by atoms with Crippen LogP contribution < -0.4 is 15.6 Å². The number of carbonyl (C=O) groups is 1. The number of aromatic amines is 1. The van der Waals surface area contributed by atoms with Crippen LogP contribution in [0.4, 0.5) is 5.69 Å². The molecule has 7 heteroatoms. The van der Waals surface area contributed by atoms with Crippen molar-refractivity contribution in [2.75, 3.05) is 11.9 Å². The minimum absolute atomic E-state index is 0.139. The SMILES string of the molecule is N#CCCCOc1cccc(NC(=O)c2n[nH]c(=O)c3ccccc23)c1. The summed E-state index contributed by atoms with van der Waals surface area (Å²) in [6.45, 7) is 0.428. The topological polar surface area (TPSA) is 108 Å². The van der Waals surface area contributed by atoms with Crippen molar-refractivity contribution in [1.29, 1.82) is 5.26 Å². The van der Waals surface area contributed by atoms with E-state index < -0.39 is 5.91 Å². The third-order valence-corrected chi connectivity index (χ3v) is 3.70. The number of anilines is 1. The van der Waals surface area contributed by atoms with E-state index in [1.54, 1.807) is 48.5 Å². The Balaban J connectivity index is 1.78. The zero-order chi connectivity index (χ0) is 18.4. The average molecular weight is 348 g/mol. The molecule has 1 amide bonds. The second kappa shape index (κ2) is 7.94. The Morgan fingerprint density at radius 2 is 2.00 bits per heavy atom. The Morgan fingerprint density at radius 1 is 1.19 bits per heavy atom. The number of benzene rings is 2. The molecule has 0 unspecified atom stereocenters. The van der Waals surface area contributed by atoms with E-state index in [0.717, 1.165) is 0 Å². The lowest BCUT2D eigenvalue weighted by Gasteiger charge is -2.09. The maximum Gasteiger partial charge on any atom is 0.276 e. The Labute approximate surface area is 149 Å². The zero-order valence-electron chi connectivity index (χ0n) is 13.9. The number of nitriles is 1. The Morgan fingerprint density at radius 3 is 2.81 bits per heavy atom. The monoisotopic (exact) mass is 348 g/mol. The molecule has 0 saturated heterocycles. The highest BCUT2D eigenvalue weighted by molar-refractivity contribution is 6.11. The number of hydrogen-bond acceptors (Lipinski definition) is 5. The third-order valence-electron chi connectivity index (χ3n) is 3.70. The molecule has 0 spiro atoms. The van der Waals surface area contributed by atoms with Gasteiger partial charge in [-0.3, -0.25) is 9.59 Å². The first-order valence-corrected chi connectivity index (χ1v) is 8.07. The fraction of sp³-hybridized carbons (Fsp3) is 0.158. The van der Waals surface area contributed by atoms with Crippen LogP contribution in [0.3, 0.4) is 0 Å². The molecule has 3 aromatic rings. The van der Waals surface area contributed by atoms with Crippen LogP contribution in [-0.2, 0) is 0 Å². The van der Waals surface area contributed by atoms with Gasteiger partial charge in [0, 0.05) is 23.6 Å².